The summed E-state index contributed by atoms with van der Waals surface area (Å²) < 4.78 is 11.7. The maximum atomic E-state index is 11.9. The van der Waals surface area contributed by atoms with Crippen LogP contribution in [-0.2, 0) is 11.3 Å². The number of benzene rings is 2. The molecular formula is C27H36N2O4. The van der Waals surface area contributed by atoms with Crippen molar-refractivity contribution < 1.29 is 19.4 Å². The van der Waals surface area contributed by atoms with Crippen molar-refractivity contribution in [3.63, 3.8) is 0 Å². The first-order valence-corrected chi connectivity index (χ1v) is 12.2. The first-order valence-electron chi connectivity index (χ1n) is 12.2. The van der Waals surface area contributed by atoms with Crippen LogP contribution in [0.25, 0.3) is 0 Å². The molecule has 0 aliphatic carbocycles. The van der Waals surface area contributed by atoms with Gasteiger partial charge in [0.2, 0.25) is 5.91 Å². The van der Waals surface area contributed by atoms with Crippen LogP contribution in [0.2, 0.25) is 0 Å². The fraction of sp³-hybridized carbons (Fsp3) is 0.519. The lowest BCUT2D eigenvalue weighted by atomic mass is 9.93. The molecule has 0 unspecified atom stereocenters. The second-order valence-corrected chi connectivity index (χ2v) is 9.32. The molecule has 0 saturated carbocycles. The Balaban J connectivity index is 1.19. The Hall–Kier alpha value is -2.57. The maximum absolute atomic E-state index is 11.9. The van der Waals surface area contributed by atoms with Crippen LogP contribution in [0.5, 0.6) is 11.5 Å². The van der Waals surface area contributed by atoms with Gasteiger partial charge in [0.25, 0.3) is 0 Å². The molecule has 2 fully saturated rings. The maximum Gasteiger partial charge on any atom is 0.222 e. The summed E-state index contributed by atoms with van der Waals surface area (Å²) in [7, 11) is 0. The molecule has 33 heavy (non-hydrogen) atoms. The van der Waals surface area contributed by atoms with Crippen LogP contribution in [0.3, 0.4) is 0 Å². The Bertz CT molecular complexity index is 873. The van der Waals surface area contributed by atoms with Gasteiger partial charge in [0, 0.05) is 32.6 Å². The number of likely N-dealkylation sites (tertiary alicyclic amines) is 2. The second-order valence-electron chi connectivity index (χ2n) is 9.32. The van der Waals surface area contributed by atoms with Gasteiger partial charge in [0.1, 0.15) is 23.7 Å². The van der Waals surface area contributed by atoms with Crippen LogP contribution in [0.4, 0.5) is 0 Å². The number of aliphatic hydroxyl groups is 1. The standard InChI is InChI=1S/C27H36N2O4/c30-26-10-4-5-17-29(26)18-7-19-32-25-13-11-23(12-14-25)20-28-16-6-15-27(31,21-28)22-33-24-8-2-1-3-9-24/h1-3,8-9,11-14,31H,4-7,10,15-22H2/t27-/m1/s1. The van der Waals surface area contributed by atoms with Crippen molar-refractivity contribution in [3.8, 4) is 11.5 Å². The molecule has 0 bridgehead atoms. The average molecular weight is 453 g/mol. The van der Waals surface area contributed by atoms with E-state index in [4.69, 9.17) is 9.47 Å². The van der Waals surface area contributed by atoms with Gasteiger partial charge in [0.15, 0.2) is 0 Å². The third-order valence-corrected chi connectivity index (χ3v) is 6.48. The summed E-state index contributed by atoms with van der Waals surface area (Å²) in [5.41, 5.74) is 0.377. The lowest BCUT2D eigenvalue weighted by molar-refractivity contribution is -0.133. The fourth-order valence-corrected chi connectivity index (χ4v) is 4.69. The monoisotopic (exact) mass is 452 g/mol. The zero-order valence-corrected chi connectivity index (χ0v) is 19.5. The van der Waals surface area contributed by atoms with E-state index < -0.39 is 5.60 Å². The molecule has 0 spiro atoms. The fourth-order valence-electron chi connectivity index (χ4n) is 4.69. The van der Waals surface area contributed by atoms with E-state index in [0.29, 0.717) is 26.2 Å². The third kappa shape index (κ3) is 7.21. The van der Waals surface area contributed by atoms with E-state index in [1.807, 2.05) is 47.4 Å². The highest BCUT2D eigenvalue weighted by Gasteiger charge is 2.34. The van der Waals surface area contributed by atoms with E-state index in [-0.39, 0.29) is 5.91 Å². The van der Waals surface area contributed by atoms with Crippen molar-refractivity contribution in [2.75, 3.05) is 39.4 Å². The molecule has 178 valence electrons. The molecule has 0 radical (unpaired) electrons. The van der Waals surface area contributed by atoms with Crippen molar-refractivity contribution in [1.29, 1.82) is 0 Å². The van der Waals surface area contributed by atoms with Crippen LogP contribution in [0.1, 0.15) is 44.1 Å². The summed E-state index contributed by atoms with van der Waals surface area (Å²) in [5.74, 6) is 1.93. The molecule has 6 nitrogen and oxygen atoms in total. The highest BCUT2D eigenvalue weighted by atomic mass is 16.5. The lowest BCUT2D eigenvalue weighted by Gasteiger charge is -2.39. The largest absolute Gasteiger partial charge is 0.494 e. The minimum atomic E-state index is -0.827. The Kier molecular flexibility index (Phi) is 8.24. The number of carbonyl (C=O) groups excluding carboxylic acids is 1. The lowest BCUT2D eigenvalue weighted by Crippen LogP contribution is -2.51. The molecule has 6 heteroatoms. The number of para-hydroxylation sites is 1. The van der Waals surface area contributed by atoms with Crippen molar-refractivity contribution in [2.24, 2.45) is 0 Å². The molecular weight excluding hydrogens is 416 g/mol. The van der Waals surface area contributed by atoms with Gasteiger partial charge in [-0.2, -0.15) is 0 Å². The normalized spacial score (nSPS) is 21.7. The van der Waals surface area contributed by atoms with Crippen LogP contribution < -0.4 is 9.47 Å². The van der Waals surface area contributed by atoms with E-state index in [0.717, 1.165) is 69.8 Å². The summed E-state index contributed by atoms with van der Waals surface area (Å²) in [5, 5.41) is 11.0. The quantitative estimate of drug-likeness (QED) is 0.555. The predicted octanol–water partition coefficient (Wildman–Crippen LogP) is 3.87. The van der Waals surface area contributed by atoms with E-state index in [2.05, 4.69) is 17.0 Å². The highest BCUT2D eigenvalue weighted by molar-refractivity contribution is 5.76. The highest BCUT2D eigenvalue weighted by Crippen LogP contribution is 2.25. The average Bonchev–Trinajstić information content (AvgIpc) is 2.83. The smallest absolute Gasteiger partial charge is 0.222 e. The molecule has 2 aromatic rings. The third-order valence-electron chi connectivity index (χ3n) is 6.48. The van der Waals surface area contributed by atoms with Gasteiger partial charge in [0.05, 0.1) is 6.61 Å². The number of hydrogen-bond donors (Lipinski definition) is 1. The number of ether oxygens (including phenoxy) is 2. The van der Waals surface area contributed by atoms with Crippen molar-refractivity contribution in [1.82, 2.24) is 9.80 Å². The van der Waals surface area contributed by atoms with E-state index in [1.54, 1.807) is 0 Å². The van der Waals surface area contributed by atoms with E-state index in [1.165, 1.54) is 5.56 Å². The van der Waals surface area contributed by atoms with Crippen molar-refractivity contribution in [3.05, 3.63) is 60.2 Å². The molecule has 1 N–H and O–H groups in total. The predicted molar refractivity (Wildman–Crippen MR) is 128 cm³/mol. The summed E-state index contributed by atoms with van der Waals surface area (Å²) in [4.78, 5) is 16.1. The first kappa shape index (κ1) is 23.6. The molecule has 2 saturated heterocycles. The zero-order valence-electron chi connectivity index (χ0n) is 19.5. The molecule has 1 atom stereocenters. The summed E-state index contributed by atoms with van der Waals surface area (Å²) in [6, 6.07) is 17.9. The number of nitrogens with zero attached hydrogens (tertiary/aromatic N) is 2. The van der Waals surface area contributed by atoms with Crippen molar-refractivity contribution >= 4 is 5.91 Å². The number of rotatable bonds is 10. The van der Waals surface area contributed by atoms with Crippen molar-refractivity contribution in [2.45, 2.75) is 50.7 Å². The Morgan fingerprint density at radius 2 is 1.70 bits per heavy atom. The number of β-amino-alcohol motifs (C(OH)–C–C–N with tert-alkyl or cyclic N) is 1. The van der Waals surface area contributed by atoms with Gasteiger partial charge in [-0.25, -0.2) is 0 Å². The SMILES string of the molecule is O=C1CCCCN1CCCOc1ccc(CN2CCC[C@](O)(COc3ccccc3)C2)cc1. The zero-order chi connectivity index (χ0) is 22.9. The van der Waals surface area contributed by atoms with Gasteiger partial charge >= 0.3 is 0 Å². The molecule has 0 aromatic heterocycles. The Labute approximate surface area is 197 Å². The van der Waals surface area contributed by atoms with Gasteiger partial charge in [-0.15, -0.1) is 0 Å². The summed E-state index contributed by atoms with van der Waals surface area (Å²) in [6.07, 6.45) is 5.39. The summed E-state index contributed by atoms with van der Waals surface area (Å²) in [6.45, 7) is 4.97. The van der Waals surface area contributed by atoms with Gasteiger partial charge in [-0.05, 0) is 68.5 Å². The molecule has 2 heterocycles. The molecule has 2 aliphatic heterocycles. The topological polar surface area (TPSA) is 62.2 Å². The van der Waals surface area contributed by atoms with Crippen LogP contribution >= 0.6 is 0 Å². The molecule has 2 aromatic carbocycles. The second kappa shape index (κ2) is 11.5. The van der Waals surface area contributed by atoms with Gasteiger partial charge < -0.3 is 19.5 Å². The molecule has 4 rings (SSSR count). The minimum Gasteiger partial charge on any atom is -0.494 e. The number of piperidine rings is 2. The number of carbonyl (C=O) groups is 1. The Morgan fingerprint density at radius 1 is 0.909 bits per heavy atom. The van der Waals surface area contributed by atoms with Crippen LogP contribution in [-0.4, -0.2) is 65.8 Å². The first-order chi connectivity index (χ1) is 16.1. The summed E-state index contributed by atoms with van der Waals surface area (Å²) >= 11 is 0. The van der Waals surface area contributed by atoms with Gasteiger partial charge in [-0.1, -0.05) is 30.3 Å². The molecule has 1 amide bonds. The molecule has 2 aliphatic rings. The minimum absolute atomic E-state index is 0.279. The number of hydrogen-bond acceptors (Lipinski definition) is 5. The van der Waals surface area contributed by atoms with Crippen LogP contribution in [0.15, 0.2) is 54.6 Å². The number of amides is 1. The van der Waals surface area contributed by atoms with Gasteiger partial charge in [-0.3, -0.25) is 9.69 Å². The van der Waals surface area contributed by atoms with E-state index >= 15 is 0 Å². The van der Waals surface area contributed by atoms with E-state index in [9.17, 15) is 9.90 Å². The van der Waals surface area contributed by atoms with Crippen LogP contribution in [0, 0.1) is 0 Å². The Morgan fingerprint density at radius 3 is 2.48 bits per heavy atom.